The number of rotatable bonds is 7. The molecule has 0 heterocycles. The standard InChI is InChI=1S/C18H23N3O4/c1-11(2)16(20-12(3)22)17(23)21-15(18(24)25-4)9-13-7-5-6-8-14(13)10-19/h5-8,11,15-16H,9H2,1-4H3,(H,20,22)(H,21,23)/t15-,16+/m0/s1. The number of hydrogen-bond acceptors (Lipinski definition) is 5. The van der Waals surface area contributed by atoms with Gasteiger partial charge < -0.3 is 15.4 Å². The van der Waals surface area contributed by atoms with E-state index in [4.69, 9.17) is 10.00 Å². The van der Waals surface area contributed by atoms with Gasteiger partial charge in [0.2, 0.25) is 11.8 Å². The van der Waals surface area contributed by atoms with Crippen LogP contribution in [0.25, 0.3) is 0 Å². The second kappa shape index (κ2) is 9.42. The van der Waals surface area contributed by atoms with E-state index in [9.17, 15) is 14.4 Å². The molecule has 134 valence electrons. The van der Waals surface area contributed by atoms with Gasteiger partial charge in [0.1, 0.15) is 12.1 Å². The number of esters is 1. The topological polar surface area (TPSA) is 108 Å². The Morgan fingerprint density at radius 1 is 1.20 bits per heavy atom. The van der Waals surface area contributed by atoms with E-state index in [-0.39, 0.29) is 18.2 Å². The highest BCUT2D eigenvalue weighted by atomic mass is 16.5. The first-order chi connectivity index (χ1) is 11.8. The summed E-state index contributed by atoms with van der Waals surface area (Å²) in [5.74, 6) is -1.59. The first-order valence-corrected chi connectivity index (χ1v) is 7.93. The molecule has 2 atom stereocenters. The fourth-order valence-corrected chi connectivity index (χ4v) is 2.38. The van der Waals surface area contributed by atoms with E-state index >= 15 is 0 Å². The smallest absolute Gasteiger partial charge is 0.328 e. The van der Waals surface area contributed by atoms with E-state index in [1.807, 2.05) is 0 Å². The summed E-state index contributed by atoms with van der Waals surface area (Å²) in [6.07, 6.45) is 0.118. The summed E-state index contributed by atoms with van der Waals surface area (Å²) in [6.45, 7) is 4.90. The second-order valence-corrected chi connectivity index (χ2v) is 5.98. The van der Waals surface area contributed by atoms with E-state index in [2.05, 4.69) is 16.7 Å². The van der Waals surface area contributed by atoms with Crippen molar-refractivity contribution < 1.29 is 19.1 Å². The van der Waals surface area contributed by atoms with E-state index in [0.717, 1.165) is 0 Å². The van der Waals surface area contributed by atoms with Gasteiger partial charge in [0.15, 0.2) is 0 Å². The van der Waals surface area contributed by atoms with Crippen molar-refractivity contribution in [3.63, 3.8) is 0 Å². The molecule has 0 aliphatic heterocycles. The summed E-state index contributed by atoms with van der Waals surface area (Å²) in [4.78, 5) is 35.9. The number of amides is 2. The number of methoxy groups -OCH3 is 1. The second-order valence-electron chi connectivity index (χ2n) is 5.98. The third-order valence-electron chi connectivity index (χ3n) is 3.67. The summed E-state index contributed by atoms with van der Waals surface area (Å²) in [7, 11) is 1.23. The largest absolute Gasteiger partial charge is 0.467 e. The maximum atomic E-state index is 12.5. The minimum atomic E-state index is -0.956. The predicted molar refractivity (Wildman–Crippen MR) is 91.3 cm³/mol. The molecule has 7 nitrogen and oxygen atoms in total. The molecule has 0 aromatic heterocycles. The maximum absolute atomic E-state index is 12.5. The van der Waals surface area contributed by atoms with E-state index in [1.165, 1.54) is 14.0 Å². The molecule has 2 amide bonds. The molecule has 2 N–H and O–H groups in total. The van der Waals surface area contributed by atoms with Crippen LogP contribution in [-0.2, 0) is 25.5 Å². The molecule has 1 aromatic carbocycles. The van der Waals surface area contributed by atoms with Gasteiger partial charge in [-0.1, -0.05) is 32.0 Å². The van der Waals surface area contributed by atoms with Gasteiger partial charge in [0.05, 0.1) is 18.7 Å². The maximum Gasteiger partial charge on any atom is 0.328 e. The lowest BCUT2D eigenvalue weighted by Crippen LogP contribution is -2.54. The average Bonchev–Trinajstić information content (AvgIpc) is 2.58. The number of benzene rings is 1. The van der Waals surface area contributed by atoms with Crippen LogP contribution in [0.3, 0.4) is 0 Å². The van der Waals surface area contributed by atoms with Crippen LogP contribution in [0.4, 0.5) is 0 Å². The Kier molecular flexibility index (Phi) is 7.60. The van der Waals surface area contributed by atoms with Gasteiger partial charge in [-0.05, 0) is 17.5 Å². The number of nitrogens with one attached hydrogen (secondary N) is 2. The SMILES string of the molecule is COC(=O)[C@H](Cc1ccccc1C#N)NC(=O)[C@H](NC(C)=O)C(C)C. The van der Waals surface area contributed by atoms with Crippen molar-refractivity contribution in [3.8, 4) is 6.07 Å². The molecule has 0 spiro atoms. The molecule has 25 heavy (non-hydrogen) atoms. The highest BCUT2D eigenvalue weighted by Crippen LogP contribution is 2.12. The van der Waals surface area contributed by atoms with E-state index in [1.54, 1.807) is 38.1 Å². The zero-order valence-corrected chi connectivity index (χ0v) is 14.8. The molecule has 1 rings (SSSR count). The first-order valence-electron chi connectivity index (χ1n) is 7.93. The van der Waals surface area contributed by atoms with Crippen LogP contribution >= 0.6 is 0 Å². The fraction of sp³-hybridized carbons (Fsp3) is 0.444. The van der Waals surface area contributed by atoms with Crippen molar-refractivity contribution in [3.05, 3.63) is 35.4 Å². The van der Waals surface area contributed by atoms with Crippen molar-refractivity contribution >= 4 is 17.8 Å². The van der Waals surface area contributed by atoms with Crippen LogP contribution < -0.4 is 10.6 Å². The summed E-state index contributed by atoms with van der Waals surface area (Å²) < 4.78 is 4.76. The number of hydrogen-bond donors (Lipinski definition) is 2. The molecule has 0 radical (unpaired) electrons. The number of nitriles is 1. The van der Waals surface area contributed by atoms with Gasteiger partial charge in [-0.3, -0.25) is 9.59 Å². The molecule has 0 unspecified atom stereocenters. The van der Waals surface area contributed by atoms with E-state index < -0.39 is 24.0 Å². The first kappa shape index (κ1) is 20.2. The van der Waals surface area contributed by atoms with Crippen LogP contribution in [0, 0.1) is 17.2 Å². The van der Waals surface area contributed by atoms with Crippen molar-refractivity contribution in [1.29, 1.82) is 5.26 Å². The number of ether oxygens (including phenoxy) is 1. The molecule has 0 saturated heterocycles. The molecular weight excluding hydrogens is 322 g/mol. The summed E-state index contributed by atoms with van der Waals surface area (Å²) in [5, 5.41) is 14.4. The molecule has 0 saturated carbocycles. The third kappa shape index (κ3) is 5.92. The Balaban J connectivity index is 3.00. The van der Waals surface area contributed by atoms with Crippen molar-refractivity contribution in [1.82, 2.24) is 10.6 Å². The Bertz CT molecular complexity index is 679. The molecule has 7 heteroatoms. The zero-order valence-electron chi connectivity index (χ0n) is 14.8. The zero-order chi connectivity index (χ0) is 19.0. The van der Waals surface area contributed by atoms with Gasteiger partial charge in [-0.25, -0.2) is 4.79 Å². The molecular formula is C18H23N3O4. The number of carbonyl (C=O) groups excluding carboxylic acids is 3. The lowest BCUT2D eigenvalue weighted by Gasteiger charge is -2.24. The van der Waals surface area contributed by atoms with E-state index in [0.29, 0.717) is 11.1 Å². The van der Waals surface area contributed by atoms with Crippen LogP contribution in [0.2, 0.25) is 0 Å². The van der Waals surface area contributed by atoms with Gasteiger partial charge in [0.25, 0.3) is 0 Å². The Labute approximate surface area is 147 Å². The highest BCUT2D eigenvalue weighted by molar-refractivity contribution is 5.90. The molecule has 0 fully saturated rings. The summed E-state index contributed by atoms with van der Waals surface area (Å²) in [5.41, 5.74) is 1.05. The average molecular weight is 345 g/mol. The van der Waals surface area contributed by atoms with Gasteiger partial charge in [-0.15, -0.1) is 0 Å². The fourth-order valence-electron chi connectivity index (χ4n) is 2.38. The van der Waals surface area contributed by atoms with Crippen LogP contribution in [-0.4, -0.2) is 37.0 Å². The minimum absolute atomic E-state index is 0.118. The van der Waals surface area contributed by atoms with Crippen molar-refractivity contribution in [2.45, 2.75) is 39.3 Å². The Hall–Kier alpha value is -2.88. The monoisotopic (exact) mass is 345 g/mol. The highest BCUT2D eigenvalue weighted by Gasteiger charge is 2.29. The normalized spacial score (nSPS) is 12.6. The van der Waals surface area contributed by atoms with Crippen LogP contribution in [0.15, 0.2) is 24.3 Å². The summed E-state index contributed by atoms with van der Waals surface area (Å²) >= 11 is 0. The molecule has 0 bridgehead atoms. The number of nitrogens with zero attached hydrogens (tertiary/aromatic N) is 1. The van der Waals surface area contributed by atoms with Gasteiger partial charge in [-0.2, -0.15) is 5.26 Å². The van der Waals surface area contributed by atoms with Gasteiger partial charge >= 0.3 is 5.97 Å². The quantitative estimate of drug-likeness (QED) is 0.714. The predicted octanol–water partition coefficient (Wildman–Crippen LogP) is 0.919. The van der Waals surface area contributed by atoms with Crippen LogP contribution in [0.1, 0.15) is 31.9 Å². The lowest BCUT2D eigenvalue weighted by atomic mass is 9.99. The number of carbonyl (C=O) groups is 3. The minimum Gasteiger partial charge on any atom is -0.467 e. The van der Waals surface area contributed by atoms with Crippen molar-refractivity contribution in [2.24, 2.45) is 5.92 Å². The van der Waals surface area contributed by atoms with Crippen molar-refractivity contribution in [2.75, 3.05) is 7.11 Å². The Morgan fingerprint density at radius 2 is 1.84 bits per heavy atom. The summed E-state index contributed by atoms with van der Waals surface area (Å²) in [6, 6.07) is 7.16. The molecule has 1 aromatic rings. The molecule has 0 aliphatic carbocycles. The van der Waals surface area contributed by atoms with Crippen LogP contribution in [0.5, 0.6) is 0 Å². The lowest BCUT2D eigenvalue weighted by molar-refractivity contribution is -0.145. The molecule has 0 aliphatic rings. The third-order valence-corrected chi connectivity index (χ3v) is 3.67. The Morgan fingerprint density at radius 3 is 2.36 bits per heavy atom. The van der Waals surface area contributed by atoms with Gasteiger partial charge in [0, 0.05) is 13.3 Å².